The molecule has 4 rings (SSSR count). The number of amides is 2. The van der Waals surface area contributed by atoms with Crippen molar-refractivity contribution in [2.24, 2.45) is 0 Å². The van der Waals surface area contributed by atoms with Crippen molar-refractivity contribution in [3.05, 3.63) is 101 Å². The molecule has 4 aromatic rings. The molecule has 2 amide bonds. The lowest BCUT2D eigenvalue weighted by molar-refractivity contribution is -0.113. The maximum Gasteiger partial charge on any atom is 0.272 e. The van der Waals surface area contributed by atoms with Gasteiger partial charge < -0.3 is 10.6 Å². The second kappa shape index (κ2) is 8.45. The van der Waals surface area contributed by atoms with E-state index in [4.69, 9.17) is 0 Å². The SMILES string of the molecule is Cc1ccc(/C=C(/NC(=O)c2ccccc2)C(=O)Nc2ccc3[nH]ncc3c2)cc1. The fourth-order valence-corrected chi connectivity index (χ4v) is 2.99. The van der Waals surface area contributed by atoms with E-state index in [9.17, 15) is 9.59 Å². The van der Waals surface area contributed by atoms with E-state index in [1.165, 1.54) is 0 Å². The van der Waals surface area contributed by atoms with Crippen molar-refractivity contribution in [3.8, 4) is 0 Å². The lowest BCUT2D eigenvalue weighted by atomic mass is 10.1. The van der Waals surface area contributed by atoms with Gasteiger partial charge >= 0.3 is 0 Å². The van der Waals surface area contributed by atoms with E-state index in [2.05, 4.69) is 20.8 Å². The highest BCUT2D eigenvalue weighted by atomic mass is 16.2. The number of H-pyrrole nitrogens is 1. The lowest BCUT2D eigenvalue weighted by Gasteiger charge is -2.11. The molecule has 6 heteroatoms. The maximum absolute atomic E-state index is 13.0. The zero-order valence-electron chi connectivity index (χ0n) is 16.3. The second-order valence-electron chi connectivity index (χ2n) is 6.92. The first-order valence-corrected chi connectivity index (χ1v) is 9.48. The number of aryl methyl sites for hydroxylation is 1. The van der Waals surface area contributed by atoms with E-state index in [1.807, 2.05) is 49.4 Å². The number of hydrogen-bond acceptors (Lipinski definition) is 3. The molecule has 1 heterocycles. The number of anilines is 1. The number of hydrogen-bond donors (Lipinski definition) is 3. The van der Waals surface area contributed by atoms with Crippen LogP contribution in [0.15, 0.2) is 84.7 Å². The summed E-state index contributed by atoms with van der Waals surface area (Å²) in [5.41, 5.74) is 4.03. The summed E-state index contributed by atoms with van der Waals surface area (Å²) in [5.74, 6) is -0.767. The van der Waals surface area contributed by atoms with Crippen LogP contribution >= 0.6 is 0 Å². The van der Waals surface area contributed by atoms with Gasteiger partial charge in [0.1, 0.15) is 5.70 Å². The van der Waals surface area contributed by atoms with Gasteiger partial charge in [-0.15, -0.1) is 0 Å². The maximum atomic E-state index is 13.0. The molecule has 0 aliphatic carbocycles. The molecular weight excluding hydrogens is 376 g/mol. The molecule has 0 bridgehead atoms. The third-order valence-corrected chi connectivity index (χ3v) is 4.62. The largest absolute Gasteiger partial charge is 0.321 e. The topological polar surface area (TPSA) is 86.9 Å². The van der Waals surface area contributed by atoms with E-state index in [0.29, 0.717) is 11.3 Å². The summed E-state index contributed by atoms with van der Waals surface area (Å²) in [4.78, 5) is 25.7. The van der Waals surface area contributed by atoms with Crippen molar-refractivity contribution in [2.45, 2.75) is 6.92 Å². The molecule has 0 unspecified atom stereocenters. The molecule has 0 radical (unpaired) electrons. The van der Waals surface area contributed by atoms with Crippen molar-refractivity contribution >= 4 is 34.5 Å². The summed E-state index contributed by atoms with van der Waals surface area (Å²) < 4.78 is 0. The van der Waals surface area contributed by atoms with E-state index >= 15 is 0 Å². The van der Waals surface area contributed by atoms with Gasteiger partial charge in [0.05, 0.1) is 11.7 Å². The van der Waals surface area contributed by atoms with Crippen LogP contribution < -0.4 is 10.6 Å². The van der Waals surface area contributed by atoms with Gasteiger partial charge in [0.25, 0.3) is 11.8 Å². The molecular formula is C24H20N4O2. The van der Waals surface area contributed by atoms with E-state index in [1.54, 1.807) is 42.6 Å². The van der Waals surface area contributed by atoms with Crippen LogP contribution in [0, 0.1) is 6.92 Å². The van der Waals surface area contributed by atoms with Crippen LogP contribution in [0.25, 0.3) is 17.0 Å². The molecule has 3 N–H and O–H groups in total. The van der Waals surface area contributed by atoms with Crippen molar-refractivity contribution < 1.29 is 9.59 Å². The Morgan fingerprint density at radius 1 is 0.967 bits per heavy atom. The molecule has 0 aliphatic rings. The molecule has 148 valence electrons. The van der Waals surface area contributed by atoms with Gasteiger partial charge in [0, 0.05) is 16.6 Å². The zero-order valence-corrected chi connectivity index (χ0v) is 16.3. The Labute approximate surface area is 173 Å². The van der Waals surface area contributed by atoms with Crippen LogP contribution in [0.1, 0.15) is 21.5 Å². The molecule has 3 aromatic carbocycles. The monoisotopic (exact) mass is 396 g/mol. The molecule has 0 saturated carbocycles. The van der Waals surface area contributed by atoms with Crippen molar-refractivity contribution in [2.75, 3.05) is 5.32 Å². The Balaban J connectivity index is 1.61. The number of nitrogens with zero attached hydrogens (tertiary/aromatic N) is 1. The summed E-state index contributed by atoms with van der Waals surface area (Å²) in [6.07, 6.45) is 3.34. The highest BCUT2D eigenvalue weighted by Crippen LogP contribution is 2.18. The summed E-state index contributed by atoms with van der Waals surface area (Å²) >= 11 is 0. The van der Waals surface area contributed by atoms with E-state index < -0.39 is 5.91 Å². The highest BCUT2D eigenvalue weighted by Gasteiger charge is 2.15. The first-order chi connectivity index (χ1) is 14.6. The Morgan fingerprint density at radius 2 is 1.73 bits per heavy atom. The van der Waals surface area contributed by atoms with Crippen LogP contribution in [-0.2, 0) is 4.79 Å². The minimum absolute atomic E-state index is 0.153. The Morgan fingerprint density at radius 3 is 2.50 bits per heavy atom. The quantitative estimate of drug-likeness (QED) is 0.440. The average molecular weight is 396 g/mol. The number of aromatic amines is 1. The number of carbonyl (C=O) groups is 2. The summed E-state index contributed by atoms with van der Waals surface area (Å²) in [5, 5.41) is 13.3. The Hall–Kier alpha value is -4.19. The third-order valence-electron chi connectivity index (χ3n) is 4.62. The summed E-state index contributed by atoms with van der Waals surface area (Å²) in [6.45, 7) is 1.99. The van der Waals surface area contributed by atoms with Crippen LogP contribution in [0.3, 0.4) is 0 Å². The number of rotatable bonds is 5. The predicted octanol–water partition coefficient (Wildman–Crippen LogP) is 4.28. The van der Waals surface area contributed by atoms with Crippen molar-refractivity contribution in [1.29, 1.82) is 0 Å². The molecule has 0 fully saturated rings. The number of benzene rings is 3. The highest BCUT2D eigenvalue weighted by molar-refractivity contribution is 6.11. The minimum atomic E-state index is -0.414. The number of aromatic nitrogens is 2. The van der Waals surface area contributed by atoms with Crippen LogP contribution in [0.4, 0.5) is 5.69 Å². The third kappa shape index (κ3) is 4.44. The number of fused-ring (bicyclic) bond motifs is 1. The normalized spacial score (nSPS) is 11.3. The van der Waals surface area contributed by atoms with Gasteiger partial charge in [-0.05, 0) is 48.9 Å². The van der Waals surface area contributed by atoms with Crippen LogP contribution in [-0.4, -0.2) is 22.0 Å². The molecule has 6 nitrogen and oxygen atoms in total. The molecule has 0 atom stereocenters. The van der Waals surface area contributed by atoms with Gasteiger partial charge in [-0.2, -0.15) is 5.10 Å². The van der Waals surface area contributed by atoms with Gasteiger partial charge in [0.15, 0.2) is 0 Å². The number of carbonyl (C=O) groups excluding carboxylic acids is 2. The summed E-state index contributed by atoms with van der Waals surface area (Å²) in [7, 11) is 0. The fraction of sp³-hybridized carbons (Fsp3) is 0.0417. The number of nitrogens with one attached hydrogen (secondary N) is 3. The first kappa shape index (κ1) is 19.1. The predicted molar refractivity (Wildman–Crippen MR) is 118 cm³/mol. The Bertz CT molecular complexity index is 1230. The van der Waals surface area contributed by atoms with Gasteiger partial charge in [-0.25, -0.2) is 0 Å². The van der Waals surface area contributed by atoms with Crippen molar-refractivity contribution in [3.63, 3.8) is 0 Å². The standard InChI is InChI=1S/C24H20N4O2/c1-16-7-9-17(10-8-16)13-22(27-23(29)18-5-3-2-4-6-18)24(30)26-20-11-12-21-19(14-20)15-25-28-21/h2-15H,1H3,(H,25,28)(H,26,30)(H,27,29)/b22-13+. The van der Waals surface area contributed by atoms with Gasteiger partial charge in [-0.3, -0.25) is 14.7 Å². The van der Waals surface area contributed by atoms with Crippen LogP contribution in [0.2, 0.25) is 0 Å². The van der Waals surface area contributed by atoms with Crippen LogP contribution in [0.5, 0.6) is 0 Å². The second-order valence-corrected chi connectivity index (χ2v) is 6.92. The smallest absolute Gasteiger partial charge is 0.272 e. The van der Waals surface area contributed by atoms with Crippen molar-refractivity contribution in [1.82, 2.24) is 15.5 Å². The molecule has 30 heavy (non-hydrogen) atoms. The lowest BCUT2D eigenvalue weighted by Crippen LogP contribution is -2.30. The molecule has 0 saturated heterocycles. The summed E-state index contributed by atoms with van der Waals surface area (Å²) in [6, 6.07) is 21.9. The van der Waals surface area contributed by atoms with E-state index in [0.717, 1.165) is 22.0 Å². The first-order valence-electron chi connectivity index (χ1n) is 9.48. The zero-order chi connectivity index (χ0) is 20.9. The Kier molecular flexibility index (Phi) is 5.39. The van der Waals surface area contributed by atoms with Gasteiger partial charge in [-0.1, -0.05) is 48.0 Å². The minimum Gasteiger partial charge on any atom is -0.321 e. The molecule has 1 aromatic heterocycles. The van der Waals surface area contributed by atoms with E-state index in [-0.39, 0.29) is 11.6 Å². The van der Waals surface area contributed by atoms with Gasteiger partial charge in [0.2, 0.25) is 0 Å². The molecule has 0 aliphatic heterocycles. The fourth-order valence-electron chi connectivity index (χ4n) is 2.99. The average Bonchev–Trinajstić information content (AvgIpc) is 3.23. The molecule has 0 spiro atoms.